The Balaban J connectivity index is 1.36. The van der Waals surface area contributed by atoms with Crippen molar-refractivity contribution in [2.45, 2.75) is 32.9 Å². The topological polar surface area (TPSA) is 89.2 Å². The van der Waals surface area contributed by atoms with E-state index in [1.807, 2.05) is 48.0 Å². The van der Waals surface area contributed by atoms with Gasteiger partial charge in [-0.15, -0.1) is 0 Å². The van der Waals surface area contributed by atoms with Crippen molar-refractivity contribution >= 4 is 17.6 Å². The Hall–Kier alpha value is -4.73. The lowest BCUT2D eigenvalue weighted by Gasteiger charge is -2.23. The summed E-state index contributed by atoms with van der Waals surface area (Å²) in [5, 5.41) is 2.66. The van der Waals surface area contributed by atoms with E-state index in [0.29, 0.717) is 49.9 Å². The third kappa shape index (κ3) is 7.51. The van der Waals surface area contributed by atoms with Gasteiger partial charge in [-0.3, -0.25) is 4.79 Å². The summed E-state index contributed by atoms with van der Waals surface area (Å²) >= 11 is 0. The van der Waals surface area contributed by atoms with Crippen molar-refractivity contribution in [1.29, 1.82) is 0 Å². The number of ether oxygens (including phenoxy) is 2. The highest BCUT2D eigenvalue weighted by atomic mass is 19.1. The van der Waals surface area contributed by atoms with Crippen molar-refractivity contribution in [3.8, 4) is 11.5 Å². The molecular formula is C32H37FN4O5. The molecule has 0 aliphatic carbocycles. The van der Waals surface area contributed by atoms with E-state index in [1.165, 1.54) is 12.1 Å². The highest BCUT2D eigenvalue weighted by Gasteiger charge is 2.19. The Bertz CT molecular complexity index is 1500. The van der Waals surface area contributed by atoms with Gasteiger partial charge in [-0.25, -0.2) is 9.18 Å². The summed E-state index contributed by atoms with van der Waals surface area (Å²) in [5.74, 6) is 1.47. The number of hydrogen-bond donors (Lipinski definition) is 1. The molecule has 3 amide bonds. The van der Waals surface area contributed by atoms with Crippen LogP contribution in [0.3, 0.4) is 0 Å². The maximum Gasteiger partial charge on any atom is 0.322 e. The van der Waals surface area contributed by atoms with Crippen molar-refractivity contribution in [3.63, 3.8) is 0 Å². The maximum absolute atomic E-state index is 14.1. The Labute approximate surface area is 245 Å². The third-order valence-electron chi connectivity index (χ3n) is 6.90. The number of likely N-dealkylation sites (N-methyl/N-ethyl adjacent to an activating group) is 1. The quantitative estimate of drug-likeness (QED) is 0.210. The second-order valence-corrected chi connectivity index (χ2v) is 9.89. The van der Waals surface area contributed by atoms with Crippen LogP contribution in [0.5, 0.6) is 11.5 Å². The summed E-state index contributed by atoms with van der Waals surface area (Å²) in [7, 11) is 4.92. The van der Waals surface area contributed by atoms with Crippen LogP contribution in [-0.2, 0) is 19.5 Å². The molecule has 9 nitrogen and oxygen atoms in total. The fraction of sp³-hybridized carbons (Fsp3) is 0.312. The van der Waals surface area contributed by atoms with Crippen LogP contribution in [0.15, 0.2) is 77.3 Å². The van der Waals surface area contributed by atoms with Crippen LogP contribution in [0, 0.1) is 5.82 Å². The number of methoxy groups -OCH3 is 2. The lowest BCUT2D eigenvalue weighted by Crippen LogP contribution is -2.36. The molecule has 0 aliphatic rings. The number of hydrogen-bond acceptors (Lipinski definition) is 5. The van der Waals surface area contributed by atoms with Crippen molar-refractivity contribution in [2.24, 2.45) is 0 Å². The Kier molecular flexibility index (Phi) is 10.3. The molecule has 4 aromatic rings. The van der Waals surface area contributed by atoms with Crippen LogP contribution in [0.1, 0.15) is 40.9 Å². The van der Waals surface area contributed by atoms with Crippen LogP contribution in [0.4, 0.5) is 14.9 Å². The number of benzene rings is 2. The molecule has 10 heteroatoms. The minimum Gasteiger partial charge on any atom is -0.493 e. The minimum atomic E-state index is -0.486. The molecule has 0 unspecified atom stereocenters. The lowest BCUT2D eigenvalue weighted by atomic mass is 10.1. The third-order valence-corrected chi connectivity index (χ3v) is 6.90. The van der Waals surface area contributed by atoms with Gasteiger partial charge in [0.2, 0.25) is 0 Å². The number of rotatable bonds is 13. The summed E-state index contributed by atoms with van der Waals surface area (Å²) in [6, 6.07) is 18.7. The first kappa shape index (κ1) is 30.2. The number of carbonyl (C=O) groups is 2. The van der Waals surface area contributed by atoms with Gasteiger partial charge in [0.15, 0.2) is 17.3 Å². The number of aromatic nitrogens is 1. The molecule has 2 aromatic heterocycles. The first-order valence-electron chi connectivity index (χ1n) is 13.8. The second kappa shape index (κ2) is 14.2. The van der Waals surface area contributed by atoms with Crippen molar-refractivity contribution in [1.82, 2.24) is 14.4 Å². The molecule has 2 heterocycles. The number of carbonyl (C=O) groups excluding carboxylic acids is 2. The predicted molar refractivity (Wildman–Crippen MR) is 159 cm³/mol. The SMILES string of the molecule is CCCN(Cc1cccn1Cc1ccc(C(=O)N(C)CCc2ccc(OC)c(OC)c2)o1)C(=O)Nc1ccccc1F. The fourth-order valence-corrected chi connectivity index (χ4v) is 4.59. The second-order valence-electron chi connectivity index (χ2n) is 9.89. The van der Waals surface area contributed by atoms with Crippen LogP contribution in [0.2, 0.25) is 0 Å². The molecule has 2 aromatic carbocycles. The predicted octanol–water partition coefficient (Wildman–Crippen LogP) is 6.04. The van der Waals surface area contributed by atoms with Crippen molar-refractivity contribution in [3.05, 3.63) is 102 Å². The summed E-state index contributed by atoms with van der Waals surface area (Å²) in [5.41, 5.74) is 2.04. The molecule has 0 aliphatic heterocycles. The number of nitrogens with one attached hydrogen (secondary N) is 1. The van der Waals surface area contributed by atoms with Gasteiger partial charge < -0.3 is 33.6 Å². The standard InChI is InChI=1S/C32H37FN4O5/c1-5-17-37(32(39)34-27-11-7-6-10-26(27)33)21-24-9-8-18-36(24)22-25-13-15-29(42-25)31(38)35(2)19-16-23-12-14-28(40-3)30(20-23)41-4/h6-15,18,20H,5,16-17,19,21-22H2,1-4H3,(H,34,39). The van der Waals surface area contributed by atoms with Gasteiger partial charge in [-0.2, -0.15) is 0 Å². The molecule has 222 valence electrons. The Morgan fingerprint density at radius 3 is 2.50 bits per heavy atom. The molecule has 0 saturated heterocycles. The van der Waals surface area contributed by atoms with Crippen LogP contribution < -0.4 is 14.8 Å². The van der Waals surface area contributed by atoms with E-state index in [-0.39, 0.29) is 23.4 Å². The zero-order chi connectivity index (χ0) is 30.1. The van der Waals surface area contributed by atoms with Gasteiger partial charge in [0.25, 0.3) is 5.91 Å². The highest BCUT2D eigenvalue weighted by molar-refractivity contribution is 5.91. The average Bonchev–Trinajstić information content (AvgIpc) is 3.65. The van der Waals surface area contributed by atoms with Gasteiger partial charge in [-0.05, 0) is 66.9 Å². The number of furan rings is 1. The molecule has 0 atom stereocenters. The number of urea groups is 1. The average molecular weight is 577 g/mol. The molecule has 0 radical (unpaired) electrons. The molecule has 42 heavy (non-hydrogen) atoms. The smallest absolute Gasteiger partial charge is 0.322 e. The summed E-state index contributed by atoms with van der Waals surface area (Å²) < 4.78 is 32.6. The maximum atomic E-state index is 14.1. The molecule has 0 spiro atoms. The van der Waals surface area contributed by atoms with E-state index < -0.39 is 5.82 Å². The van der Waals surface area contributed by atoms with Crippen LogP contribution >= 0.6 is 0 Å². The summed E-state index contributed by atoms with van der Waals surface area (Å²) in [6.45, 7) is 3.69. The largest absolute Gasteiger partial charge is 0.493 e. The monoisotopic (exact) mass is 576 g/mol. The molecule has 0 saturated carbocycles. The van der Waals surface area contributed by atoms with Crippen LogP contribution in [0.25, 0.3) is 0 Å². The van der Waals surface area contributed by atoms with E-state index in [9.17, 15) is 14.0 Å². The normalized spacial score (nSPS) is 10.8. The van der Waals surface area contributed by atoms with Gasteiger partial charge in [0.1, 0.15) is 11.6 Å². The van der Waals surface area contributed by atoms with Gasteiger partial charge in [0.05, 0.1) is 33.0 Å². The number of amides is 3. The molecule has 4 rings (SSSR count). The first-order chi connectivity index (χ1) is 20.3. The van der Waals surface area contributed by atoms with Gasteiger partial charge >= 0.3 is 6.03 Å². The van der Waals surface area contributed by atoms with E-state index >= 15 is 0 Å². The molecule has 1 N–H and O–H groups in total. The first-order valence-corrected chi connectivity index (χ1v) is 13.8. The summed E-state index contributed by atoms with van der Waals surface area (Å²) in [6.07, 6.45) is 3.28. The highest BCUT2D eigenvalue weighted by Crippen LogP contribution is 2.28. The minimum absolute atomic E-state index is 0.139. The van der Waals surface area contributed by atoms with Crippen molar-refractivity contribution < 1.29 is 27.9 Å². The zero-order valence-corrected chi connectivity index (χ0v) is 24.4. The van der Waals surface area contributed by atoms with Gasteiger partial charge in [-0.1, -0.05) is 25.1 Å². The molecule has 0 fully saturated rings. The van der Waals surface area contributed by atoms with E-state index in [1.54, 1.807) is 55.3 Å². The van der Waals surface area contributed by atoms with Crippen molar-refractivity contribution in [2.75, 3.05) is 39.7 Å². The Morgan fingerprint density at radius 1 is 0.976 bits per heavy atom. The fourth-order valence-electron chi connectivity index (χ4n) is 4.59. The molecular weight excluding hydrogens is 539 g/mol. The van der Waals surface area contributed by atoms with E-state index in [4.69, 9.17) is 13.9 Å². The zero-order valence-electron chi connectivity index (χ0n) is 24.4. The number of para-hydroxylation sites is 1. The van der Waals surface area contributed by atoms with Gasteiger partial charge in [0, 0.05) is 32.0 Å². The summed E-state index contributed by atoms with van der Waals surface area (Å²) in [4.78, 5) is 29.3. The molecule has 0 bridgehead atoms. The van der Waals surface area contributed by atoms with E-state index in [0.717, 1.165) is 17.7 Å². The van der Waals surface area contributed by atoms with E-state index in [2.05, 4.69) is 5.32 Å². The number of nitrogens with zero attached hydrogens (tertiary/aromatic N) is 3. The lowest BCUT2D eigenvalue weighted by molar-refractivity contribution is 0.0763. The number of anilines is 1. The van der Waals surface area contributed by atoms with Crippen LogP contribution in [-0.4, -0.2) is 60.7 Å². The number of halogens is 1. The Morgan fingerprint density at radius 2 is 1.76 bits per heavy atom.